The number of amides is 1. The summed E-state index contributed by atoms with van der Waals surface area (Å²) in [5.41, 5.74) is 3.29. The van der Waals surface area contributed by atoms with Gasteiger partial charge in [0, 0.05) is 15.5 Å². The normalized spacial score (nSPS) is 10.8. The van der Waals surface area contributed by atoms with Crippen LogP contribution in [0.1, 0.15) is 23.9 Å². The number of H-pyrrole nitrogens is 1. The second-order valence-electron chi connectivity index (χ2n) is 5.49. The largest absolute Gasteiger partial charge is 0.322 e. The van der Waals surface area contributed by atoms with E-state index in [0.29, 0.717) is 11.4 Å². The maximum absolute atomic E-state index is 12.4. The van der Waals surface area contributed by atoms with Gasteiger partial charge in [-0.25, -0.2) is 0 Å². The molecule has 6 heteroatoms. The molecular formula is C18H18ClN3OS. The number of nitrogens with one attached hydrogen (secondary N) is 2. The minimum Gasteiger partial charge on any atom is -0.322 e. The first-order valence-electron chi connectivity index (χ1n) is 7.82. The van der Waals surface area contributed by atoms with Gasteiger partial charge in [-0.15, -0.1) is 11.3 Å². The number of aromatic nitrogens is 2. The lowest BCUT2D eigenvalue weighted by Gasteiger charge is -2.08. The van der Waals surface area contributed by atoms with Crippen LogP contribution in [0.2, 0.25) is 5.02 Å². The van der Waals surface area contributed by atoms with Gasteiger partial charge in [0.15, 0.2) is 0 Å². The Labute approximate surface area is 149 Å². The molecular weight excluding hydrogens is 342 g/mol. The first kappa shape index (κ1) is 16.7. The third kappa shape index (κ3) is 3.86. The minimum atomic E-state index is -0.0421. The molecule has 1 amide bonds. The van der Waals surface area contributed by atoms with E-state index in [4.69, 9.17) is 11.6 Å². The molecule has 0 aliphatic carbocycles. The summed E-state index contributed by atoms with van der Waals surface area (Å²) < 4.78 is 0. The third-order valence-electron chi connectivity index (χ3n) is 3.62. The van der Waals surface area contributed by atoms with E-state index in [2.05, 4.69) is 22.4 Å². The Morgan fingerprint density at radius 2 is 2.21 bits per heavy atom. The van der Waals surface area contributed by atoms with Crippen molar-refractivity contribution in [2.24, 2.45) is 0 Å². The van der Waals surface area contributed by atoms with Gasteiger partial charge in [0.25, 0.3) is 0 Å². The molecule has 0 bridgehead atoms. The molecule has 0 saturated carbocycles. The van der Waals surface area contributed by atoms with Gasteiger partial charge in [-0.2, -0.15) is 5.10 Å². The van der Waals surface area contributed by atoms with Crippen LogP contribution in [0.15, 0.2) is 41.8 Å². The third-order valence-corrected chi connectivity index (χ3v) is 4.73. The standard InChI is InChI=1S/C18H18ClN3OS/c1-2-5-15-18(20-16(23)11-14-8-4-9-24-14)17(22-21-15)12-6-3-7-13(19)10-12/h3-4,6-10H,2,5,11H2,1H3,(H,20,23)(H,21,22). The Morgan fingerprint density at radius 1 is 1.33 bits per heavy atom. The maximum Gasteiger partial charge on any atom is 0.229 e. The molecule has 3 rings (SSSR count). The number of hydrogen-bond donors (Lipinski definition) is 2. The molecule has 0 aliphatic heterocycles. The molecule has 2 heterocycles. The lowest BCUT2D eigenvalue weighted by molar-refractivity contribution is -0.115. The molecule has 0 radical (unpaired) electrons. The summed E-state index contributed by atoms with van der Waals surface area (Å²) in [6, 6.07) is 11.4. The molecule has 2 N–H and O–H groups in total. The average Bonchev–Trinajstić information content (AvgIpc) is 3.18. The number of thiophene rings is 1. The predicted octanol–water partition coefficient (Wildman–Crippen LogP) is 4.93. The predicted molar refractivity (Wildman–Crippen MR) is 99.7 cm³/mol. The Bertz CT molecular complexity index is 827. The number of nitrogens with zero attached hydrogens (tertiary/aromatic N) is 1. The second kappa shape index (κ2) is 7.64. The molecule has 1 aromatic carbocycles. The summed E-state index contributed by atoms with van der Waals surface area (Å²) in [7, 11) is 0. The van der Waals surface area contributed by atoms with Crippen molar-refractivity contribution in [3.63, 3.8) is 0 Å². The number of aromatic amines is 1. The summed E-state index contributed by atoms with van der Waals surface area (Å²) in [5, 5.41) is 13.1. The van der Waals surface area contributed by atoms with E-state index in [1.807, 2.05) is 41.8 Å². The van der Waals surface area contributed by atoms with Gasteiger partial charge in [0.1, 0.15) is 5.69 Å². The molecule has 24 heavy (non-hydrogen) atoms. The fourth-order valence-corrected chi connectivity index (χ4v) is 3.44. The van der Waals surface area contributed by atoms with Crippen LogP contribution in [0.3, 0.4) is 0 Å². The quantitative estimate of drug-likeness (QED) is 0.655. The number of rotatable bonds is 6. The van der Waals surface area contributed by atoms with E-state index in [0.717, 1.165) is 40.4 Å². The molecule has 124 valence electrons. The SMILES string of the molecule is CCCc1[nH]nc(-c2cccc(Cl)c2)c1NC(=O)Cc1cccs1. The maximum atomic E-state index is 12.4. The van der Waals surface area contributed by atoms with Crippen molar-refractivity contribution < 1.29 is 4.79 Å². The highest BCUT2D eigenvalue weighted by Crippen LogP contribution is 2.31. The van der Waals surface area contributed by atoms with Gasteiger partial charge >= 0.3 is 0 Å². The second-order valence-corrected chi connectivity index (χ2v) is 6.96. The summed E-state index contributed by atoms with van der Waals surface area (Å²) in [6.45, 7) is 2.09. The van der Waals surface area contributed by atoms with Crippen LogP contribution >= 0.6 is 22.9 Å². The van der Waals surface area contributed by atoms with Crippen molar-refractivity contribution in [2.75, 3.05) is 5.32 Å². The van der Waals surface area contributed by atoms with E-state index in [-0.39, 0.29) is 5.91 Å². The number of benzene rings is 1. The molecule has 0 fully saturated rings. The molecule has 4 nitrogen and oxygen atoms in total. The highest BCUT2D eigenvalue weighted by Gasteiger charge is 2.17. The minimum absolute atomic E-state index is 0.0421. The zero-order chi connectivity index (χ0) is 16.9. The highest BCUT2D eigenvalue weighted by atomic mass is 35.5. The van der Waals surface area contributed by atoms with Crippen LogP contribution in [0.25, 0.3) is 11.3 Å². The summed E-state index contributed by atoms with van der Waals surface area (Å²) in [6.07, 6.45) is 2.15. The van der Waals surface area contributed by atoms with Crippen molar-refractivity contribution in [2.45, 2.75) is 26.2 Å². The Balaban J connectivity index is 1.89. The van der Waals surface area contributed by atoms with Crippen molar-refractivity contribution in [1.29, 1.82) is 0 Å². The van der Waals surface area contributed by atoms with Gasteiger partial charge in [-0.05, 0) is 30.0 Å². The van der Waals surface area contributed by atoms with E-state index in [1.165, 1.54) is 0 Å². The van der Waals surface area contributed by atoms with Gasteiger partial charge in [-0.1, -0.05) is 43.1 Å². The Kier molecular flexibility index (Phi) is 5.33. The van der Waals surface area contributed by atoms with Gasteiger partial charge in [0.05, 0.1) is 17.8 Å². The van der Waals surface area contributed by atoms with Gasteiger partial charge in [0.2, 0.25) is 5.91 Å². The summed E-state index contributed by atoms with van der Waals surface area (Å²) in [5.74, 6) is -0.0421. The van der Waals surface area contributed by atoms with Crippen LogP contribution in [0.4, 0.5) is 5.69 Å². The van der Waals surface area contributed by atoms with E-state index < -0.39 is 0 Å². The lowest BCUT2D eigenvalue weighted by atomic mass is 10.1. The van der Waals surface area contributed by atoms with E-state index in [1.54, 1.807) is 11.3 Å². The van der Waals surface area contributed by atoms with E-state index >= 15 is 0 Å². The van der Waals surface area contributed by atoms with Crippen molar-refractivity contribution in [3.8, 4) is 11.3 Å². The number of carbonyl (C=O) groups excluding carboxylic acids is 1. The van der Waals surface area contributed by atoms with Crippen LogP contribution in [0.5, 0.6) is 0 Å². The fraction of sp³-hybridized carbons (Fsp3) is 0.222. The Hall–Kier alpha value is -2.11. The van der Waals surface area contributed by atoms with Gasteiger partial charge in [-0.3, -0.25) is 9.89 Å². The zero-order valence-corrected chi connectivity index (χ0v) is 14.9. The van der Waals surface area contributed by atoms with Crippen molar-refractivity contribution in [1.82, 2.24) is 10.2 Å². The summed E-state index contributed by atoms with van der Waals surface area (Å²) in [4.78, 5) is 13.5. The molecule has 0 spiro atoms. The first-order valence-corrected chi connectivity index (χ1v) is 9.08. The number of anilines is 1. The van der Waals surface area contributed by atoms with Crippen LogP contribution in [-0.2, 0) is 17.6 Å². The van der Waals surface area contributed by atoms with Crippen LogP contribution in [-0.4, -0.2) is 16.1 Å². The van der Waals surface area contributed by atoms with Crippen molar-refractivity contribution >= 4 is 34.5 Å². The number of halogens is 1. The molecule has 2 aromatic heterocycles. The molecule has 0 saturated heterocycles. The highest BCUT2D eigenvalue weighted by molar-refractivity contribution is 7.10. The topological polar surface area (TPSA) is 57.8 Å². The molecule has 3 aromatic rings. The lowest BCUT2D eigenvalue weighted by Crippen LogP contribution is -2.15. The first-order chi connectivity index (χ1) is 11.7. The van der Waals surface area contributed by atoms with Gasteiger partial charge < -0.3 is 5.32 Å². The number of hydrogen-bond acceptors (Lipinski definition) is 3. The average molecular weight is 360 g/mol. The monoisotopic (exact) mass is 359 g/mol. The number of aryl methyl sites for hydroxylation is 1. The molecule has 0 unspecified atom stereocenters. The smallest absolute Gasteiger partial charge is 0.229 e. The fourth-order valence-electron chi connectivity index (χ4n) is 2.54. The molecule has 0 atom stereocenters. The van der Waals surface area contributed by atoms with Crippen molar-refractivity contribution in [3.05, 3.63) is 57.4 Å². The molecule has 0 aliphatic rings. The van der Waals surface area contributed by atoms with E-state index in [9.17, 15) is 4.79 Å². The van der Waals surface area contributed by atoms with Crippen LogP contribution < -0.4 is 5.32 Å². The van der Waals surface area contributed by atoms with Crippen LogP contribution in [0, 0.1) is 0 Å². The number of carbonyl (C=O) groups is 1. The summed E-state index contributed by atoms with van der Waals surface area (Å²) >= 11 is 7.67. The Morgan fingerprint density at radius 3 is 2.92 bits per heavy atom. The zero-order valence-electron chi connectivity index (χ0n) is 13.3.